The minimum absolute atomic E-state index is 0.0231. The van der Waals surface area contributed by atoms with E-state index in [0.717, 1.165) is 32.3 Å². The van der Waals surface area contributed by atoms with E-state index in [9.17, 15) is 4.79 Å². The SMILES string of the molecule is CCCC(OC(C)=O)C1CCCO1. The summed E-state index contributed by atoms with van der Waals surface area (Å²) >= 11 is 0. The lowest BCUT2D eigenvalue weighted by Gasteiger charge is -2.21. The Bertz CT molecular complexity index is 162. The standard InChI is InChI=1S/C10H18O3/c1-3-5-10(13-8(2)11)9-6-4-7-12-9/h9-10H,3-7H2,1-2H3. The third-order valence-electron chi connectivity index (χ3n) is 2.27. The number of carbonyl (C=O) groups is 1. The fourth-order valence-electron chi connectivity index (χ4n) is 1.71. The fraction of sp³-hybridized carbons (Fsp3) is 0.900. The molecule has 3 nitrogen and oxygen atoms in total. The molecule has 1 fully saturated rings. The molecule has 2 atom stereocenters. The van der Waals surface area contributed by atoms with Gasteiger partial charge in [-0.25, -0.2) is 0 Å². The Morgan fingerprint density at radius 2 is 2.46 bits per heavy atom. The molecular formula is C10H18O3. The van der Waals surface area contributed by atoms with Gasteiger partial charge in [0.2, 0.25) is 0 Å². The van der Waals surface area contributed by atoms with Crippen LogP contribution in [0.4, 0.5) is 0 Å². The maximum absolute atomic E-state index is 10.8. The number of esters is 1. The topological polar surface area (TPSA) is 35.5 Å². The van der Waals surface area contributed by atoms with Crippen LogP contribution in [0.5, 0.6) is 0 Å². The summed E-state index contributed by atoms with van der Waals surface area (Å²) in [6.07, 6.45) is 4.17. The van der Waals surface area contributed by atoms with Gasteiger partial charge in [0.15, 0.2) is 0 Å². The molecule has 0 aromatic rings. The van der Waals surface area contributed by atoms with Crippen molar-refractivity contribution in [2.24, 2.45) is 0 Å². The minimum atomic E-state index is -0.200. The second kappa shape index (κ2) is 5.22. The molecule has 1 rings (SSSR count). The average molecular weight is 186 g/mol. The maximum atomic E-state index is 10.8. The maximum Gasteiger partial charge on any atom is 0.302 e. The Morgan fingerprint density at radius 1 is 1.69 bits per heavy atom. The molecule has 0 N–H and O–H groups in total. The van der Waals surface area contributed by atoms with Crippen LogP contribution in [0.15, 0.2) is 0 Å². The third-order valence-corrected chi connectivity index (χ3v) is 2.27. The first-order chi connectivity index (χ1) is 6.24. The highest BCUT2D eigenvalue weighted by atomic mass is 16.6. The van der Waals surface area contributed by atoms with Crippen LogP contribution in [0.3, 0.4) is 0 Å². The quantitative estimate of drug-likeness (QED) is 0.629. The molecule has 0 bridgehead atoms. The zero-order chi connectivity index (χ0) is 9.68. The number of rotatable bonds is 4. The summed E-state index contributed by atoms with van der Waals surface area (Å²) in [5.41, 5.74) is 0. The van der Waals surface area contributed by atoms with Crippen LogP contribution in [-0.4, -0.2) is 24.8 Å². The molecule has 0 aliphatic carbocycles. The van der Waals surface area contributed by atoms with E-state index in [1.807, 2.05) is 0 Å². The Balaban J connectivity index is 2.39. The van der Waals surface area contributed by atoms with E-state index in [1.54, 1.807) is 0 Å². The number of hydrogen-bond acceptors (Lipinski definition) is 3. The predicted molar refractivity (Wildman–Crippen MR) is 49.4 cm³/mol. The molecule has 1 saturated heterocycles. The summed E-state index contributed by atoms with van der Waals surface area (Å²) in [6, 6.07) is 0. The van der Waals surface area contributed by atoms with Gasteiger partial charge >= 0.3 is 5.97 Å². The Kier molecular flexibility index (Phi) is 4.22. The fourth-order valence-corrected chi connectivity index (χ4v) is 1.71. The second-order valence-corrected chi connectivity index (χ2v) is 3.49. The van der Waals surface area contributed by atoms with Crippen molar-refractivity contribution < 1.29 is 14.3 Å². The molecule has 13 heavy (non-hydrogen) atoms. The molecule has 0 amide bonds. The van der Waals surface area contributed by atoms with Gasteiger partial charge in [-0.15, -0.1) is 0 Å². The Labute approximate surface area is 79.4 Å². The van der Waals surface area contributed by atoms with Gasteiger partial charge in [0.1, 0.15) is 6.10 Å². The van der Waals surface area contributed by atoms with Crippen molar-refractivity contribution in [3.05, 3.63) is 0 Å². The lowest BCUT2D eigenvalue weighted by atomic mass is 10.1. The van der Waals surface area contributed by atoms with Crippen LogP contribution in [0.25, 0.3) is 0 Å². The Morgan fingerprint density at radius 3 is 2.92 bits per heavy atom. The van der Waals surface area contributed by atoms with Gasteiger partial charge in [0.05, 0.1) is 6.10 Å². The zero-order valence-electron chi connectivity index (χ0n) is 8.41. The van der Waals surface area contributed by atoms with Gasteiger partial charge < -0.3 is 9.47 Å². The van der Waals surface area contributed by atoms with Gasteiger partial charge in [-0.3, -0.25) is 4.79 Å². The molecule has 1 aliphatic rings. The van der Waals surface area contributed by atoms with Gasteiger partial charge in [-0.1, -0.05) is 13.3 Å². The summed E-state index contributed by atoms with van der Waals surface area (Å²) in [7, 11) is 0. The van der Waals surface area contributed by atoms with E-state index < -0.39 is 0 Å². The van der Waals surface area contributed by atoms with Crippen molar-refractivity contribution in [2.45, 2.75) is 51.7 Å². The van der Waals surface area contributed by atoms with Gasteiger partial charge in [0, 0.05) is 13.5 Å². The summed E-state index contributed by atoms with van der Waals surface area (Å²) < 4.78 is 10.7. The zero-order valence-corrected chi connectivity index (χ0v) is 8.41. The monoisotopic (exact) mass is 186 g/mol. The van der Waals surface area contributed by atoms with Gasteiger partial charge in [-0.05, 0) is 19.3 Å². The molecule has 0 aromatic carbocycles. The molecule has 0 saturated carbocycles. The second-order valence-electron chi connectivity index (χ2n) is 3.49. The molecule has 0 spiro atoms. The largest absolute Gasteiger partial charge is 0.460 e. The molecule has 0 aromatic heterocycles. The number of hydrogen-bond donors (Lipinski definition) is 0. The minimum Gasteiger partial charge on any atom is -0.460 e. The van der Waals surface area contributed by atoms with Crippen molar-refractivity contribution in [3.8, 4) is 0 Å². The van der Waals surface area contributed by atoms with Gasteiger partial charge in [0.25, 0.3) is 0 Å². The van der Waals surface area contributed by atoms with Crippen LogP contribution in [0.1, 0.15) is 39.5 Å². The molecule has 76 valence electrons. The van der Waals surface area contributed by atoms with Crippen molar-refractivity contribution in [2.75, 3.05) is 6.61 Å². The van der Waals surface area contributed by atoms with Crippen LogP contribution < -0.4 is 0 Å². The lowest BCUT2D eigenvalue weighted by molar-refractivity contribution is -0.153. The molecule has 1 heterocycles. The molecule has 3 heteroatoms. The smallest absolute Gasteiger partial charge is 0.302 e. The van der Waals surface area contributed by atoms with Crippen molar-refractivity contribution in [1.82, 2.24) is 0 Å². The Hall–Kier alpha value is -0.570. The summed E-state index contributed by atoms with van der Waals surface area (Å²) in [5.74, 6) is -0.200. The van der Waals surface area contributed by atoms with Crippen molar-refractivity contribution in [3.63, 3.8) is 0 Å². The average Bonchev–Trinajstić information content (AvgIpc) is 2.54. The molecule has 2 unspecified atom stereocenters. The number of ether oxygens (including phenoxy) is 2. The first-order valence-electron chi connectivity index (χ1n) is 5.03. The van der Waals surface area contributed by atoms with E-state index in [1.165, 1.54) is 6.92 Å². The van der Waals surface area contributed by atoms with E-state index in [0.29, 0.717) is 0 Å². The lowest BCUT2D eigenvalue weighted by Crippen LogP contribution is -2.30. The first kappa shape index (κ1) is 10.5. The highest BCUT2D eigenvalue weighted by molar-refractivity contribution is 5.66. The third kappa shape index (κ3) is 3.35. The molecular weight excluding hydrogens is 168 g/mol. The highest BCUT2D eigenvalue weighted by Gasteiger charge is 2.27. The van der Waals surface area contributed by atoms with Gasteiger partial charge in [-0.2, -0.15) is 0 Å². The summed E-state index contributed by atoms with van der Waals surface area (Å²) in [5, 5.41) is 0. The van der Waals surface area contributed by atoms with Crippen LogP contribution in [0.2, 0.25) is 0 Å². The van der Waals surface area contributed by atoms with Crippen LogP contribution >= 0.6 is 0 Å². The number of carbonyl (C=O) groups excluding carboxylic acids is 1. The molecule has 0 radical (unpaired) electrons. The van der Waals surface area contributed by atoms with E-state index >= 15 is 0 Å². The summed E-state index contributed by atoms with van der Waals surface area (Å²) in [6.45, 7) is 4.36. The van der Waals surface area contributed by atoms with Crippen molar-refractivity contribution >= 4 is 5.97 Å². The normalized spacial score (nSPS) is 24.3. The highest BCUT2D eigenvalue weighted by Crippen LogP contribution is 2.21. The first-order valence-corrected chi connectivity index (χ1v) is 5.03. The van der Waals surface area contributed by atoms with Crippen LogP contribution in [-0.2, 0) is 14.3 Å². The van der Waals surface area contributed by atoms with Crippen molar-refractivity contribution in [1.29, 1.82) is 0 Å². The molecule has 1 aliphatic heterocycles. The predicted octanol–water partition coefficient (Wildman–Crippen LogP) is 1.90. The van der Waals surface area contributed by atoms with Crippen LogP contribution in [0, 0.1) is 0 Å². The summed E-state index contributed by atoms with van der Waals surface area (Å²) in [4.78, 5) is 10.8. The van der Waals surface area contributed by atoms with E-state index in [-0.39, 0.29) is 18.2 Å². The van der Waals surface area contributed by atoms with E-state index in [4.69, 9.17) is 9.47 Å². The van der Waals surface area contributed by atoms with E-state index in [2.05, 4.69) is 6.92 Å².